The summed E-state index contributed by atoms with van der Waals surface area (Å²) in [6, 6.07) is 11.6. The van der Waals surface area contributed by atoms with E-state index in [1.54, 1.807) is 25.1 Å². The molecule has 1 unspecified atom stereocenters. The van der Waals surface area contributed by atoms with Gasteiger partial charge in [-0.25, -0.2) is 4.39 Å². The molecule has 0 bridgehead atoms. The molecule has 1 N–H and O–H groups in total. The van der Waals surface area contributed by atoms with Gasteiger partial charge in [0.2, 0.25) is 11.8 Å². The van der Waals surface area contributed by atoms with Gasteiger partial charge in [-0.3, -0.25) is 9.59 Å². The number of amides is 2. The Balaban J connectivity index is 2.26. The molecule has 5 heteroatoms. The van der Waals surface area contributed by atoms with Gasteiger partial charge in [0.1, 0.15) is 11.9 Å². The maximum atomic E-state index is 14.2. The van der Waals surface area contributed by atoms with Gasteiger partial charge in [0.15, 0.2) is 0 Å². The molecule has 0 aliphatic carbocycles. The second-order valence-electron chi connectivity index (χ2n) is 8.10. The highest BCUT2D eigenvalue weighted by molar-refractivity contribution is 5.88. The zero-order valence-electron chi connectivity index (χ0n) is 18.0. The summed E-state index contributed by atoms with van der Waals surface area (Å²) in [5.74, 6) is -0.516. The van der Waals surface area contributed by atoms with Crippen LogP contribution in [0.5, 0.6) is 0 Å². The van der Waals surface area contributed by atoms with Gasteiger partial charge in [-0.1, -0.05) is 61.4 Å². The molecule has 156 valence electrons. The van der Waals surface area contributed by atoms with Crippen LogP contribution in [-0.4, -0.2) is 29.3 Å². The van der Waals surface area contributed by atoms with Gasteiger partial charge in [-0.2, -0.15) is 0 Å². The monoisotopic (exact) mass is 398 g/mol. The number of rotatable bonds is 8. The average Bonchev–Trinajstić information content (AvgIpc) is 2.63. The third-order valence-electron chi connectivity index (χ3n) is 4.79. The fourth-order valence-corrected chi connectivity index (χ4v) is 3.29. The van der Waals surface area contributed by atoms with Crippen molar-refractivity contribution >= 4 is 11.8 Å². The maximum Gasteiger partial charge on any atom is 0.242 e. The molecule has 0 fully saturated rings. The molecule has 2 aromatic rings. The number of nitrogens with one attached hydrogen (secondary N) is 1. The fraction of sp³-hybridized carbons (Fsp3) is 0.417. The Kier molecular flexibility index (Phi) is 7.94. The van der Waals surface area contributed by atoms with Crippen LogP contribution in [0.25, 0.3) is 0 Å². The molecule has 0 radical (unpaired) electrons. The van der Waals surface area contributed by atoms with Crippen LogP contribution in [0.4, 0.5) is 4.39 Å². The Morgan fingerprint density at radius 3 is 2.24 bits per heavy atom. The Morgan fingerprint density at radius 1 is 1.03 bits per heavy atom. The van der Waals surface area contributed by atoms with Gasteiger partial charge in [0.05, 0.1) is 6.42 Å². The van der Waals surface area contributed by atoms with Crippen molar-refractivity contribution < 1.29 is 14.0 Å². The lowest BCUT2D eigenvalue weighted by Gasteiger charge is -2.29. The summed E-state index contributed by atoms with van der Waals surface area (Å²) >= 11 is 0. The topological polar surface area (TPSA) is 49.4 Å². The molecule has 0 saturated heterocycles. The quantitative estimate of drug-likeness (QED) is 0.725. The minimum absolute atomic E-state index is 0.0482. The minimum atomic E-state index is -0.702. The molecule has 0 aromatic heterocycles. The van der Waals surface area contributed by atoms with E-state index in [1.807, 2.05) is 45.9 Å². The number of hydrogen-bond donors (Lipinski definition) is 1. The third-order valence-corrected chi connectivity index (χ3v) is 4.79. The molecule has 0 spiro atoms. The van der Waals surface area contributed by atoms with Gasteiger partial charge in [-0.05, 0) is 38.3 Å². The van der Waals surface area contributed by atoms with E-state index in [-0.39, 0.29) is 30.6 Å². The van der Waals surface area contributed by atoms with E-state index in [0.29, 0.717) is 18.0 Å². The van der Waals surface area contributed by atoms with Crippen LogP contribution in [0, 0.1) is 25.6 Å². The second kappa shape index (κ2) is 10.2. The Morgan fingerprint density at radius 2 is 1.66 bits per heavy atom. The number of carbonyl (C=O) groups is 2. The van der Waals surface area contributed by atoms with Crippen molar-refractivity contribution in [2.45, 2.75) is 53.6 Å². The zero-order valence-corrected chi connectivity index (χ0v) is 18.0. The van der Waals surface area contributed by atoms with Crippen LogP contribution in [0.15, 0.2) is 42.5 Å². The molecular weight excluding hydrogens is 367 g/mol. The van der Waals surface area contributed by atoms with Crippen LogP contribution < -0.4 is 5.32 Å². The predicted octanol–water partition coefficient (Wildman–Crippen LogP) is 4.17. The van der Waals surface area contributed by atoms with Crippen molar-refractivity contribution in [3.05, 3.63) is 70.5 Å². The molecule has 1 atom stereocenters. The van der Waals surface area contributed by atoms with Crippen molar-refractivity contribution in [1.82, 2.24) is 10.2 Å². The first-order valence-corrected chi connectivity index (χ1v) is 10.0. The van der Waals surface area contributed by atoms with Crippen molar-refractivity contribution in [2.75, 3.05) is 6.54 Å². The lowest BCUT2D eigenvalue weighted by molar-refractivity contribution is -0.140. The Labute approximate surface area is 173 Å². The average molecular weight is 399 g/mol. The van der Waals surface area contributed by atoms with E-state index >= 15 is 0 Å². The summed E-state index contributed by atoms with van der Waals surface area (Å²) < 4.78 is 14.2. The van der Waals surface area contributed by atoms with Gasteiger partial charge in [0.25, 0.3) is 0 Å². The van der Waals surface area contributed by atoms with Crippen LogP contribution in [-0.2, 0) is 22.6 Å². The van der Waals surface area contributed by atoms with Crippen LogP contribution in [0.2, 0.25) is 0 Å². The van der Waals surface area contributed by atoms with Crippen LogP contribution >= 0.6 is 0 Å². The highest BCUT2D eigenvalue weighted by atomic mass is 19.1. The SMILES string of the molecule is Cc1cc(C)cc(CC(=O)N(Cc2ccccc2F)C(C)C(=O)NCC(C)C)c1. The van der Waals surface area contributed by atoms with Crippen molar-refractivity contribution in [1.29, 1.82) is 0 Å². The van der Waals surface area contributed by atoms with E-state index in [0.717, 1.165) is 16.7 Å². The van der Waals surface area contributed by atoms with E-state index in [9.17, 15) is 14.0 Å². The zero-order chi connectivity index (χ0) is 21.6. The van der Waals surface area contributed by atoms with E-state index in [1.165, 1.54) is 11.0 Å². The molecule has 2 amide bonds. The first-order valence-electron chi connectivity index (χ1n) is 10.0. The highest BCUT2D eigenvalue weighted by Gasteiger charge is 2.27. The number of nitrogens with zero attached hydrogens (tertiary/aromatic N) is 1. The van der Waals surface area contributed by atoms with Gasteiger partial charge in [0, 0.05) is 18.7 Å². The number of benzene rings is 2. The summed E-state index contributed by atoms with van der Waals surface area (Å²) in [5, 5.41) is 2.87. The molecule has 29 heavy (non-hydrogen) atoms. The van der Waals surface area contributed by atoms with Crippen LogP contribution in [0.3, 0.4) is 0 Å². The maximum absolute atomic E-state index is 14.2. The fourth-order valence-electron chi connectivity index (χ4n) is 3.29. The smallest absolute Gasteiger partial charge is 0.242 e. The highest BCUT2D eigenvalue weighted by Crippen LogP contribution is 2.16. The van der Waals surface area contributed by atoms with E-state index in [2.05, 4.69) is 5.32 Å². The van der Waals surface area contributed by atoms with E-state index < -0.39 is 6.04 Å². The van der Waals surface area contributed by atoms with Crippen LogP contribution in [0.1, 0.15) is 43.0 Å². The number of aryl methyl sites for hydroxylation is 2. The standard InChI is InChI=1S/C24H31FN2O2/c1-16(2)14-26-24(29)19(5)27(15-21-8-6-7-9-22(21)25)23(28)13-20-11-17(3)10-18(4)12-20/h6-12,16,19H,13-15H2,1-5H3,(H,26,29). The summed E-state index contributed by atoms with van der Waals surface area (Å²) in [5.41, 5.74) is 3.44. The number of carbonyl (C=O) groups excluding carboxylic acids is 2. The predicted molar refractivity (Wildman–Crippen MR) is 114 cm³/mol. The third kappa shape index (κ3) is 6.70. The molecule has 0 aliphatic heterocycles. The van der Waals surface area contributed by atoms with Crippen molar-refractivity contribution in [3.63, 3.8) is 0 Å². The lowest BCUT2D eigenvalue weighted by Crippen LogP contribution is -2.48. The molecule has 0 heterocycles. The summed E-state index contributed by atoms with van der Waals surface area (Å²) in [7, 11) is 0. The first kappa shape index (κ1) is 22.6. The molecular formula is C24H31FN2O2. The lowest BCUT2D eigenvalue weighted by atomic mass is 10.0. The number of hydrogen-bond acceptors (Lipinski definition) is 2. The molecule has 4 nitrogen and oxygen atoms in total. The van der Waals surface area contributed by atoms with Gasteiger partial charge in [-0.15, -0.1) is 0 Å². The Hall–Kier alpha value is -2.69. The van der Waals surface area contributed by atoms with Gasteiger partial charge < -0.3 is 10.2 Å². The minimum Gasteiger partial charge on any atom is -0.354 e. The molecule has 2 aromatic carbocycles. The summed E-state index contributed by atoms with van der Waals surface area (Å²) in [4.78, 5) is 27.3. The van der Waals surface area contributed by atoms with Crippen molar-refractivity contribution in [3.8, 4) is 0 Å². The normalized spacial score (nSPS) is 12.0. The first-order chi connectivity index (χ1) is 13.7. The van der Waals surface area contributed by atoms with Gasteiger partial charge >= 0.3 is 0 Å². The molecule has 0 aliphatic rings. The van der Waals surface area contributed by atoms with Crippen molar-refractivity contribution in [2.24, 2.45) is 5.92 Å². The summed E-state index contributed by atoms with van der Waals surface area (Å²) in [6.07, 6.45) is 0.165. The van der Waals surface area contributed by atoms with E-state index in [4.69, 9.17) is 0 Å². The second-order valence-corrected chi connectivity index (χ2v) is 8.10. The molecule has 2 rings (SSSR count). The largest absolute Gasteiger partial charge is 0.354 e. The molecule has 0 saturated carbocycles. The number of halogens is 1. The Bertz CT molecular complexity index is 843. The summed E-state index contributed by atoms with van der Waals surface area (Å²) in [6.45, 7) is 10.3.